The molecule has 20 heavy (non-hydrogen) atoms. The quantitative estimate of drug-likeness (QED) is 0.704. The lowest BCUT2D eigenvalue weighted by atomic mass is 10.4. The summed E-state index contributed by atoms with van der Waals surface area (Å²) in [5, 5.41) is 14.5. The zero-order chi connectivity index (χ0) is 14.5. The summed E-state index contributed by atoms with van der Waals surface area (Å²) in [6.45, 7) is 1.42. The van der Waals surface area contributed by atoms with Crippen molar-refractivity contribution in [2.75, 3.05) is 42.2 Å². The van der Waals surface area contributed by atoms with E-state index in [1.807, 2.05) is 4.90 Å². The molecule has 9 heteroatoms. The molecule has 1 aliphatic rings. The Balaban J connectivity index is 2.09. The highest BCUT2D eigenvalue weighted by molar-refractivity contribution is 5.44. The number of nitrogens with zero attached hydrogens (tertiary/aromatic N) is 4. The number of aromatic nitrogens is 3. The molecule has 0 amide bonds. The lowest BCUT2D eigenvalue weighted by Gasteiger charge is -2.17. The van der Waals surface area contributed by atoms with E-state index < -0.39 is 12.5 Å². The van der Waals surface area contributed by atoms with E-state index in [0.29, 0.717) is 11.9 Å². The predicted octanol–water partition coefficient (Wildman–Crippen LogP) is 0.551. The second-order valence-corrected chi connectivity index (χ2v) is 4.51. The normalized spacial score (nSPS) is 16.6. The summed E-state index contributed by atoms with van der Waals surface area (Å²) >= 11 is 0. The first-order chi connectivity index (χ1) is 9.60. The van der Waals surface area contributed by atoms with Gasteiger partial charge in [0, 0.05) is 26.7 Å². The van der Waals surface area contributed by atoms with Gasteiger partial charge in [0.1, 0.15) is 6.10 Å². The van der Waals surface area contributed by atoms with Crippen LogP contribution in [0.3, 0.4) is 0 Å². The largest absolute Gasteiger partial charge is 0.385 e. The Labute approximate surface area is 115 Å². The molecule has 1 fully saturated rings. The molecular formula is C11H18F2N6O. The molecule has 0 bridgehead atoms. The average Bonchev–Trinajstić information content (AvgIpc) is 2.98. The molecule has 0 aliphatic carbocycles. The highest BCUT2D eigenvalue weighted by atomic mass is 19.3. The summed E-state index contributed by atoms with van der Waals surface area (Å²) in [6.07, 6.45) is -2.40. The molecule has 1 atom stereocenters. The van der Waals surface area contributed by atoms with Crippen molar-refractivity contribution in [3.05, 3.63) is 0 Å². The van der Waals surface area contributed by atoms with Crippen LogP contribution in [0.15, 0.2) is 0 Å². The monoisotopic (exact) mass is 288 g/mol. The average molecular weight is 288 g/mol. The van der Waals surface area contributed by atoms with Crippen molar-refractivity contribution in [2.24, 2.45) is 0 Å². The molecule has 1 unspecified atom stereocenters. The smallest absolute Gasteiger partial charge is 0.265 e. The van der Waals surface area contributed by atoms with Crippen molar-refractivity contribution in [2.45, 2.75) is 25.4 Å². The van der Waals surface area contributed by atoms with E-state index in [0.717, 1.165) is 25.9 Å². The van der Waals surface area contributed by atoms with Crippen LogP contribution in [0, 0.1) is 0 Å². The van der Waals surface area contributed by atoms with Crippen LogP contribution >= 0.6 is 0 Å². The molecule has 0 saturated carbocycles. The predicted molar refractivity (Wildman–Crippen MR) is 71.3 cm³/mol. The number of aliphatic hydroxyl groups is 1. The van der Waals surface area contributed by atoms with Gasteiger partial charge < -0.3 is 20.6 Å². The third-order valence-electron chi connectivity index (χ3n) is 3.00. The zero-order valence-corrected chi connectivity index (χ0v) is 11.2. The van der Waals surface area contributed by atoms with E-state index in [-0.39, 0.29) is 12.5 Å². The van der Waals surface area contributed by atoms with Crippen LogP contribution in [0.1, 0.15) is 12.8 Å². The molecule has 112 valence electrons. The highest BCUT2D eigenvalue weighted by Crippen LogP contribution is 2.18. The van der Waals surface area contributed by atoms with Gasteiger partial charge in [0.05, 0.1) is 0 Å². The van der Waals surface area contributed by atoms with E-state index in [9.17, 15) is 8.78 Å². The van der Waals surface area contributed by atoms with E-state index >= 15 is 0 Å². The Morgan fingerprint density at radius 3 is 2.45 bits per heavy atom. The number of hydrogen-bond donors (Lipinski definition) is 3. The zero-order valence-electron chi connectivity index (χ0n) is 11.2. The summed E-state index contributed by atoms with van der Waals surface area (Å²) in [4.78, 5) is 14.5. The molecule has 0 spiro atoms. The number of alkyl halides is 2. The molecule has 1 saturated heterocycles. The van der Waals surface area contributed by atoms with Crippen molar-refractivity contribution < 1.29 is 13.9 Å². The summed E-state index contributed by atoms with van der Waals surface area (Å²) < 4.78 is 24.5. The third kappa shape index (κ3) is 3.62. The Morgan fingerprint density at radius 2 is 1.85 bits per heavy atom. The molecule has 1 aromatic heterocycles. The van der Waals surface area contributed by atoms with Crippen molar-refractivity contribution in [3.63, 3.8) is 0 Å². The van der Waals surface area contributed by atoms with Crippen LogP contribution in [-0.4, -0.2) is 59.3 Å². The Hall–Kier alpha value is -1.77. The lowest BCUT2D eigenvalue weighted by Crippen LogP contribution is -2.28. The van der Waals surface area contributed by atoms with Crippen molar-refractivity contribution in [1.82, 2.24) is 15.0 Å². The van der Waals surface area contributed by atoms with Gasteiger partial charge in [-0.1, -0.05) is 0 Å². The Bertz CT molecular complexity index is 441. The van der Waals surface area contributed by atoms with Crippen molar-refractivity contribution >= 4 is 17.8 Å². The molecule has 1 aliphatic heterocycles. The summed E-state index contributed by atoms with van der Waals surface area (Å²) in [6, 6.07) is 0. The van der Waals surface area contributed by atoms with Gasteiger partial charge >= 0.3 is 0 Å². The Kier molecular flexibility index (Phi) is 4.83. The highest BCUT2D eigenvalue weighted by Gasteiger charge is 2.19. The second kappa shape index (κ2) is 6.60. The molecule has 1 aromatic rings. The van der Waals surface area contributed by atoms with Crippen LogP contribution in [0.25, 0.3) is 0 Å². The minimum absolute atomic E-state index is 0.172. The number of aliphatic hydroxyl groups excluding tert-OH is 1. The first-order valence-corrected chi connectivity index (χ1v) is 6.49. The second-order valence-electron chi connectivity index (χ2n) is 4.51. The molecule has 2 heterocycles. The van der Waals surface area contributed by atoms with Crippen LogP contribution < -0.4 is 15.5 Å². The maximum Gasteiger partial charge on any atom is 0.265 e. The fraction of sp³-hybridized carbons (Fsp3) is 0.727. The van der Waals surface area contributed by atoms with Crippen LogP contribution in [0.2, 0.25) is 0 Å². The number of nitrogens with one attached hydrogen (secondary N) is 2. The first kappa shape index (κ1) is 14.6. The number of halogens is 2. The van der Waals surface area contributed by atoms with Gasteiger partial charge in [0.2, 0.25) is 17.8 Å². The minimum atomic E-state index is -2.80. The van der Waals surface area contributed by atoms with E-state index in [2.05, 4.69) is 25.6 Å². The summed E-state index contributed by atoms with van der Waals surface area (Å²) in [5.74, 6) is 1.04. The van der Waals surface area contributed by atoms with Crippen LogP contribution in [-0.2, 0) is 0 Å². The number of anilines is 3. The fourth-order valence-electron chi connectivity index (χ4n) is 1.90. The Morgan fingerprint density at radius 1 is 1.20 bits per heavy atom. The summed E-state index contributed by atoms with van der Waals surface area (Å²) in [7, 11) is 1.67. The van der Waals surface area contributed by atoms with Crippen molar-refractivity contribution in [3.8, 4) is 0 Å². The van der Waals surface area contributed by atoms with Gasteiger partial charge in [-0.05, 0) is 12.8 Å². The molecule has 7 nitrogen and oxygen atoms in total. The summed E-state index contributed by atoms with van der Waals surface area (Å²) in [5.41, 5.74) is 0. The topological polar surface area (TPSA) is 86.2 Å². The minimum Gasteiger partial charge on any atom is -0.385 e. The standard InChI is InChI=1S/C11H18F2N6O/c1-14-9-16-10(15-6-7(20)8(12)13)18-11(17-9)19-4-2-3-5-19/h7-8,20H,2-6H2,1H3,(H2,14,15,16,17,18). The van der Waals surface area contributed by atoms with Gasteiger partial charge in [-0.25, -0.2) is 8.78 Å². The van der Waals surface area contributed by atoms with E-state index in [1.165, 1.54) is 0 Å². The van der Waals surface area contributed by atoms with Gasteiger partial charge in [-0.15, -0.1) is 0 Å². The maximum atomic E-state index is 12.2. The maximum absolute atomic E-state index is 12.2. The molecule has 0 radical (unpaired) electrons. The fourth-order valence-corrected chi connectivity index (χ4v) is 1.90. The van der Waals surface area contributed by atoms with Gasteiger partial charge in [0.25, 0.3) is 6.43 Å². The SMILES string of the molecule is CNc1nc(NCC(O)C(F)F)nc(N2CCCC2)n1. The molecule has 0 aromatic carbocycles. The van der Waals surface area contributed by atoms with E-state index in [1.54, 1.807) is 7.05 Å². The lowest BCUT2D eigenvalue weighted by molar-refractivity contribution is 0.00376. The van der Waals surface area contributed by atoms with Gasteiger partial charge in [-0.2, -0.15) is 15.0 Å². The van der Waals surface area contributed by atoms with Gasteiger partial charge in [0.15, 0.2) is 0 Å². The number of rotatable bonds is 6. The van der Waals surface area contributed by atoms with Crippen LogP contribution in [0.5, 0.6) is 0 Å². The van der Waals surface area contributed by atoms with E-state index in [4.69, 9.17) is 5.11 Å². The van der Waals surface area contributed by atoms with Crippen molar-refractivity contribution in [1.29, 1.82) is 0 Å². The molecule has 2 rings (SSSR count). The van der Waals surface area contributed by atoms with Gasteiger partial charge in [-0.3, -0.25) is 0 Å². The van der Waals surface area contributed by atoms with Crippen LogP contribution in [0.4, 0.5) is 26.6 Å². The third-order valence-corrected chi connectivity index (χ3v) is 3.00. The first-order valence-electron chi connectivity index (χ1n) is 6.49. The number of hydrogen-bond acceptors (Lipinski definition) is 7. The molecule has 3 N–H and O–H groups in total. The molecular weight excluding hydrogens is 270 g/mol.